The molecule has 146 valence electrons. The molecule has 0 aliphatic rings. The molecule has 3 aromatic carbocycles. The molecule has 0 bridgehead atoms. The lowest BCUT2D eigenvalue weighted by atomic mass is 10.2. The van der Waals surface area contributed by atoms with E-state index in [0.29, 0.717) is 27.5 Å². The second-order valence-corrected chi connectivity index (χ2v) is 7.20. The van der Waals surface area contributed by atoms with Gasteiger partial charge in [0, 0.05) is 17.4 Å². The van der Waals surface area contributed by atoms with E-state index in [1.165, 1.54) is 16.7 Å². The Labute approximate surface area is 169 Å². The van der Waals surface area contributed by atoms with E-state index >= 15 is 0 Å². The fraction of sp³-hybridized carbons (Fsp3) is 0.0909. The van der Waals surface area contributed by atoms with Crippen molar-refractivity contribution in [3.63, 3.8) is 0 Å². The smallest absolute Gasteiger partial charge is 0.266 e. The van der Waals surface area contributed by atoms with Gasteiger partial charge in [-0.2, -0.15) is 0 Å². The van der Waals surface area contributed by atoms with Crippen molar-refractivity contribution in [1.29, 1.82) is 0 Å². The van der Waals surface area contributed by atoms with Gasteiger partial charge in [-0.15, -0.1) is 0 Å². The molecule has 0 spiro atoms. The van der Waals surface area contributed by atoms with Crippen LogP contribution in [0.2, 0.25) is 0 Å². The third-order valence-electron chi connectivity index (χ3n) is 4.44. The lowest BCUT2D eigenvalue weighted by Gasteiger charge is -2.14. The van der Waals surface area contributed by atoms with Gasteiger partial charge < -0.3 is 4.74 Å². The summed E-state index contributed by atoms with van der Waals surface area (Å²) in [5.41, 5.74) is 1.08. The van der Waals surface area contributed by atoms with E-state index in [9.17, 15) is 13.6 Å². The number of fused-ring (bicyclic) bond motifs is 1. The summed E-state index contributed by atoms with van der Waals surface area (Å²) in [6, 6.07) is 18.1. The minimum atomic E-state index is -0.903. The van der Waals surface area contributed by atoms with E-state index in [-0.39, 0.29) is 16.9 Å². The third kappa shape index (κ3) is 3.73. The van der Waals surface area contributed by atoms with E-state index in [1.54, 1.807) is 55.6 Å². The highest BCUT2D eigenvalue weighted by Crippen LogP contribution is 2.27. The summed E-state index contributed by atoms with van der Waals surface area (Å²) in [5, 5.41) is 0.849. The molecular formula is C22H16F2N2O2S. The maximum Gasteiger partial charge on any atom is 0.266 e. The Morgan fingerprint density at radius 2 is 1.83 bits per heavy atom. The molecule has 0 saturated heterocycles. The highest BCUT2D eigenvalue weighted by molar-refractivity contribution is 7.98. The van der Waals surface area contributed by atoms with Crippen LogP contribution in [0.4, 0.5) is 8.78 Å². The van der Waals surface area contributed by atoms with E-state index in [4.69, 9.17) is 4.74 Å². The number of methoxy groups -OCH3 is 1. The summed E-state index contributed by atoms with van der Waals surface area (Å²) in [5.74, 6) is -1.08. The summed E-state index contributed by atoms with van der Waals surface area (Å²) in [6.45, 7) is 0. The van der Waals surface area contributed by atoms with Crippen LogP contribution in [0.25, 0.3) is 16.6 Å². The Morgan fingerprint density at radius 1 is 1.03 bits per heavy atom. The van der Waals surface area contributed by atoms with Gasteiger partial charge in [0.15, 0.2) is 16.8 Å². The molecule has 0 fully saturated rings. The van der Waals surface area contributed by atoms with Crippen LogP contribution in [-0.4, -0.2) is 16.7 Å². The van der Waals surface area contributed by atoms with E-state index < -0.39 is 11.6 Å². The van der Waals surface area contributed by atoms with Crippen molar-refractivity contribution in [3.05, 3.63) is 94.3 Å². The van der Waals surface area contributed by atoms with Crippen molar-refractivity contribution < 1.29 is 13.5 Å². The van der Waals surface area contributed by atoms with Crippen molar-refractivity contribution in [3.8, 4) is 11.4 Å². The number of halogens is 2. The SMILES string of the molecule is COc1cccc(-n2c(SCc3cccc(F)c3F)nc3ccccc3c2=O)c1. The van der Waals surface area contributed by atoms with Crippen LogP contribution in [0.3, 0.4) is 0 Å². The number of thioether (sulfide) groups is 1. The minimum absolute atomic E-state index is 0.123. The molecule has 1 heterocycles. The molecule has 0 aliphatic heterocycles. The Kier molecular flexibility index (Phi) is 5.31. The van der Waals surface area contributed by atoms with Crippen molar-refractivity contribution in [2.75, 3.05) is 7.11 Å². The molecule has 0 radical (unpaired) electrons. The standard InChI is InChI=1S/C22H16F2N2O2S/c1-28-16-8-5-7-15(12-16)26-21(27)17-9-2-3-11-19(17)25-22(26)29-13-14-6-4-10-18(23)20(14)24/h2-12H,13H2,1H3. The van der Waals surface area contributed by atoms with Gasteiger partial charge in [0.2, 0.25) is 0 Å². The van der Waals surface area contributed by atoms with Gasteiger partial charge in [-0.3, -0.25) is 9.36 Å². The second-order valence-electron chi connectivity index (χ2n) is 6.26. The minimum Gasteiger partial charge on any atom is -0.497 e. The van der Waals surface area contributed by atoms with Gasteiger partial charge in [0.1, 0.15) is 5.75 Å². The molecule has 29 heavy (non-hydrogen) atoms. The van der Waals surface area contributed by atoms with E-state index in [1.807, 2.05) is 0 Å². The van der Waals surface area contributed by atoms with Crippen LogP contribution >= 0.6 is 11.8 Å². The first kappa shape index (κ1) is 19.1. The number of para-hydroxylation sites is 1. The molecule has 0 unspecified atom stereocenters. The van der Waals surface area contributed by atoms with Crippen LogP contribution in [0.1, 0.15) is 5.56 Å². The zero-order valence-corrected chi connectivity index (χ0v) is 16.2. The Balaban J connectivity index is 1.85. The molecule has 0 amide bonds. The Bertz CT molecular complexity index is 1260. The van der Waals surface area contributed by atoms with Crippen molar-refractivity contribution in [2.45, 2.75) is 10.9 Å². The van der Waals surface area contributed by atoms with E-state index in [2.05, 4.69) is 4.98 Å². The first-order valence-corrected chi connectivity index (χ1v) is 9.79. The molecule has 0 saturated carbocycles. The molecule has 7 heteroatoms. The fourth-order valence-corrected chi connectivity index (χ4v) is 3.98. The van der Waals surface area contributed by atoms with Crippen LogP contribution in [0, 0.1) is 11.6 Å². The van der Waals surface area contributed by atoms with Gasteiger partial charge in [0.05, 0.1) is 23.7 Å². The topological polar surface area (TPSA) is 44.1 Å². The second kappa shape index (κ2) is 8.05. The first-order chi connectivity index (χ1) is 14.1. The normalized spacial score (nSPS) is 11.0. The average molecular weight is 410 g/mol. The number of aromatic nitrogens is 2. The highest BCUT2D eigenvalue weighted by atomic mass is 32.2. The summed E-state index contributed by atoms with van der Waals surface area (Å²) in [6.07, 6.45) is 0. The molecule has 0 N–H and O–H groups in total. The molecule has 4 rings (SSSR count). The van der Waals surface area contributed by atoms with Gasteiger partial charge in [-0.05, 0) is 30.3 Å². The predicted octanol–water partition coefficient (Wildman–Crippen LogP) is 4.96. The van der Waals surface area contributed by atoms with Crippen LogP contribution in [-0.2, 0) is 5.75 Å². The van der Waals surface area contributed by atoms with Crippen molar-refractivity contribution >= 4 is 22.7 Å². The highest BCUT2D eigenvalue weighted by Gasteiger charge is 2.15. The number of rotatable bonds is 5. The third-order valence-corrected chi connectivity index (χ3v) is 5.43. The first-order valence-electron chi connectivity index (χ1n) is 8.80. The van der Waals surface area contributed by atoms with Gasteiger partial charge in [0.25, 0.3) is 5.56 Å². The Morgan fingerprint density at radius 3 is 2.66 bits per heavy atom. The lowest BCUT2D eigenvalue weighted by molar-refractivity contribution is 0.414. The summed E-state index contributed by atoms with van der Waals surface area (Å²) in [7, 11) is 1.54. The number of hydrogen-bond donors (Lipinski definition) is 0. The number of nitrogens with zero attached hydrogens (tertiary/aromatic N) is 2. The molecule has 0 atom stereocenters. The molecule has 4 nitrogen and oxygen atoms in total. The molecule has 0 aliphatic carbocycles. The van der Waals surface area contributed by atoms with Crippen molar-refractivity contribution in [2.24, 2.45) is 0 Å². The molecule has 4 aromatic rings. The Hall–Kier alpha value is -3.19. The number of hydrogen-bond acceptors (Lipinski definition) is 4. The summed E-state index contributed by atoms with van der Waals surface area (Å²) < 4.78 is 34.3. The van der Waals surface area contributed by atoms with Gasteiger partial charge in [-0.25, -0.2) is 13.8 Å². The maximum atomic E-state index is 14.1. The molecular weight excluding hydrogens is 394 g/mol. The van der Waals surface area contributed by atoms with Crippen LogP contribution in [0.15, 0.2) is 76.7 Å². The quantitative estimate of drug-likeness (QED) is 0.344. The maximum absolute atomic E-state index is 14.1. The monoisotopic (exact) mass is 410 g/mol. The zero-order valence-electron chi connectivity index (χ0n) is 15.4. The largest absolute Gasteiger partial charge is 0.497 e. The van der Waals surface area contributed by atoms with Gasteiger partial charge in [-0.1, -0.05) is 42.1 Å². The molecule has 1 aromatic heterocycles. The van der Waals surface area contributed by atoms with Gasteiger partial charge >= 0.3 is 0 Å². The predicted molar refractivity (Wildman–Crippen MR) is 110 cm³/mol. The average Bonchev–Trinajstić information content (AvgIpc) is 2.75. The van der Waals surface area contributed by atoms with Crippen molar-refractivity contribution in [1.82, 2.24) is 9.55 Å². The summed E-state index contributed by atoms with van der Waals surface area (Å²) >= 11 is 1.16. The fourth-order valence-electron chi connectivity index (χ4n) is 2.99. The number of ether oxygens (including phenoxy) is 1. The van der Waals surface area contributed by atoms with E-state index in [0.717, 1.165) is 17.8 Å². The van der Waals surface area contributed by atoms with Crippen LogP contribution < -0.4 is 10.3 Å². The van der Waals surface area contributed by atoms with Crippen LogP contribution in [0.5, 0.6) is 5.75 Å². The zero-order chi connectivity index (χ0) is 20.4. The number of benzene rings is 3. The lowest BCUT2D eigenvalue weighted by Crippen LogP contribution is -2.21. The summed E-state index contributed by atoms with van der Waals surface area (Å²) in [4.78, 5) is 17.8.